The molecule has 0 fully saturated rings. The Morgan fingerprint density at radius 2 is 1.93 bits per heavy atom. The number of rotatable bonds is 3. The highest BCUT2D eigenvalue weighted by Crippen LogP contribution is 2.25. The monoisotopic (exact) mass is 390 g/mol. The van der Waals surface area contributed by atoms with Gasteiger partial charge >= 0.3 is 5.96 Å². The van der Waals surface area contributed by atoms with E-state index >= 15 is 0 Å². The van der Waals surface area contributed by atoms with Gasteiger partial charge in [-0.05, 0) is 44.5 Å². The van der Waals surface area contributed by atoms with E-state index in [1.807, 2.05) is 30.3 Å². The number of ether oxygens (including phenoxy) is 1. The van der Waals surface area contributed by atoms with Crippen LogP contribution in [-0.4, -0.2) is 22.6 Å². The molecule has 0 saturated heterocycles. The number of fused-ring (bicyclic) bond motifs is 1. The van der Waals surface area contributed by atoms with Crippen LogP contribution in [0.5, 0.6) is 5.75 Å². The third kappa shape index (κ3) is 3.59. The van der Waals surface area contributed by atoms with E-state index in [4.69, 9.17) is 4.74 Å². The average molecular weight is 390 g/mol. The fourth-order valence-corrected chi connectivity index (χ4v) is 3.56. The Labute approximate surface area is 169 Å². The molecule has 0 spiro atoms. The molecule has 29 heavy (non-hydrogen) atoms. The van der Waals surface area contributed by atoms with Gasteiger partial charge in [0.05, 0.1) is 12.7 Å². The van der Waals surface area contributed by atoms with Crippen molar-refractivity contribution in [3.63, 3.8) is 0 Å². The molecule has 7 nitrogen and oxygen atoms in total. The highest BCUT2D eigenvalue weighted by molar-refractivity contribution is 5.99. The first-order chi connectivity index (χ1) is 14.0. The average Bonchev–Trinajstić information content (AvgIpc) is 2.69. The lowest BCUT2D eigenvalue weighted by molar-refractivity contribution is -0.520. The number of nitrogens with one attached hydrogen (secondary N) is 3. The van der Waals surface area contributed by atoms with E-state index in [1.165, 1.54) is 11.6 Å². The molecule has 0 saturated carbocycles. The Kier molecular flexibility index (Phi) is 4.80. The van der Waals surface area contributed by atoms with Gasteiger partial charge in [0.1, 0.15) is 11.4 Å². The van der Waals surface area contributed by atoms with Crippen molar-refractivity contribution in [3.8, 4) is 5.75 Å². The molecule has 4 rings (SSSR count). The second kappa shape index (κ2) is 7.43. The number of methoxy groups -OCH3 is 1. The van der Waals surface area contributed by atoms with Gasteiger partial charge in [0.2, 0.25) is 0 Å². The summed E-state index contributed by atoms with van der Waals surface area (Å²) in [5.41, 5.74) is 4.63. The van der Waals surface area contributed by atoms with Gasteiger partial charge in [-0.3, -0.25) is 9.79 Å². The lowest BCUT2D eigenvalue weighted by atomic mass is 10.1. The molecule has 2 heterocycles. The zero-order valence-corrected chi connectivity index (χ0v) is 16.9. The summed E-state index contributed by atoms with van der Waals surface area (Å²) in [4.78, 5) is 20.7. The third-order valence-corrected chi connectivity index (χ3v) is 4.93. The van der Waals surface area contributed by atoms with Gasteiger partial charge in [-0.25, -0.2) is 20.2 Å². The highest BCUT2D eigenvalue weighted by Gasteiger charge is 2.31. The fraction of sp³-hybridized carbons (Fsp3) is 0.227. The van der Waals surface area contributed by atoms with E-state index in [9.17, 15) is 4.79 Å². The van der Waals surface area contributed by atoms with Gasteiger partial charge in [0, 0.05) is 11.8 Å². The van der Waals surface area contributed by atoms with Crippen molar-refractivity contribution in [2.45, 2.75) is 26.9 Å². The van der Waals surface area contributed by atoms with Crippen LogP contribution in [0.2, 0.25) is 0 Å². The number of para-hydroxylation sites is 1. The molecule has 7 heteroatoms. The van der Waals surface area contributed by atoms with Gasteiger partial charge in [-0.2, -0.15) is 0 Å². The van der Waals surface area contributed by atoms with Crippen LogP contribution in [0.3, 0.4) is 0 Å². The molecule has 0 amide bonds. The van der Waals surface area contributed by atoms with E-state index in [0.29, 0.717) is 23.4 Å². The van der Waals surface area contributed by atoms with Crippen LogP contribution in [0.1, 0.15) is 28.6 Å². The van der Waals surface area contributed by atoms with Crippen molar-refractivity contribution in [1.82, 2.24) is 9.55 Å². The molecule has 148 valence electrons. The standard InChI is InChI=1S/C22H23N5O2/c1-13-9-10-17(14(2)11-13)24-21-25-20(16-7-5-6-8-18(16)29-4)27-19(28)12-15(3)23-22(27)26-21/h5-12,20H,1-4H3,(H2,23,24,25,26)/p+1/t20-/m1/s1. The lowest BCUT2D eigenvalue weighted by Gasteiger charge is -2.24. The summed E-state index contributed by atoms with van der Waals surface area (Å²) in [7, 11) is 1.62. The minimum atomic E-state index is -0.476. The van der Waals surface area contributed by atoms with Crippen molar-refractivity contribution in [3.05, 3.63) is 81.3 Å². The first kappa shape index (κ1) is 18.7. The zero-order valence-electron chi connectivity index (χ0n) is 16.9. The summed E-state index contributed by atoms with van der Waals surface area (Å²) < 4.78 is 7.13. The summed E-state index contributed by atoms with van der Waals surface area (Å²) in [6, 6.07) is 15.4. The normalized spacial score (nSPS) is 15.2. The summed E-state index contributed by atoms with van der Waals surface area (Å²) in [5.74, 6) is 1.80. The fourth-order valence-electron chi connectivity index (χ4n) is 3.56. The highest BCUT2D eigenvalue weighted by atomic mass is 16.5. The Balaban J connectivity index is 1.84. The van der Waals surface area contributed by atoms with E-state index in [-0.39, 0.29) is 5.56 Å². The minimum Gasteiger partial charge on any atom is -0.496 e. The molecule has 1 atom stereocenters. The molecular weight excluding hydrogens is 366 g/mol. The van der Waals surface area contributed by atoms with Crippen molar-refractivity contribution < 1.29 is 9.73 Å². The number of hydrogen-bond donors (Lipinski definition) is 3. The number of nitrogens with zero attached hydrogens (tertiary/aromatic N) is 2. The van der Waals surface area contributed by atoms with Gasteiger partial charge in [-0.1, -0.05) is 29.8 Å². The molecule has 3 aromatic rings. The summed E-state index contributed by atoms with van der Waals surface area (Å²) in [5, 5.41) is 6.60. The molecule has 1 aliphatic heterocycles. The predicted molar refractivity (Wildman–Crippen MR) is 113 cm³/mol. The van der Waals surface area contributed by atoms with Crippen molar-refractivity contribution in [1.29, 1.82) is 0 Å². The number of aromatic nitrogens is 2. The Morgan fingerprint density at radius 1 is 1.14 bits per heavy atom. The van der Waals surface area contributed by atoms with Gasteiger partial charge in [-0.15, -0.1) is 0 Å². The number of benzene rings is 2. The van der Waals surface area contributed by atoms with Crippen molar-refractivity contribution in [2.24, 2.45) is 0 Å². The largest absolute Gasteiger partial charge is 0.496 e. The Hall–Kier alpha value is -3.61. The first-order valence-electron chi connectivity index (χ1n) is 9.44. The second-order valence-corrected chi connectivity index (χ2v) is 7.16. The van der Waals surface area contributed by atoms with Crippen LogP contribution < -0.4 is 25.9 Å². The number of hydrogen-bond acceptors (Lipinski definition) is 5. The SMILES string of the molecule is COc1ccccc1[C@@H]1[NH+]=C(Nc2ccc(C)cc2C)Nc2nc(C)cc(=O)n21. The third-order valence-electron chi connectivity index (χ3n) is 4.93. The van der Waals surface area contributed by atoms with Crippen LogP contribution in [-0.2, 0) is 0 Å². The van der Waals surface area contributed by atoms with E-state index < -0.39 is 6.17 Å². The maximum absolute atomic E-state index is 12.8. The molecule has 3 N–H and O–H groups in total. The molecule has 0 unspecified atom stereocenters. The van der Waals surface area contributed by atoms with E-state index in [1.54, 1.807) is 18.6 Å². The van der Waals surface area contributed by atoms with Crippen LogP contribution in [0.4, 0.5) is 11.6 Å². The zero-order chi connectivity index (χ0) is 20.5. The summed E-state index contributed by atoms with van der Waals surface area (Å²) in [6.07, 6.45) is -0.476. The lowest BCUT2D eigenvalue weighted by Crippen LogP contribution is -2.82. The quantitative estimate of drug-likeness (QED) is 0.634. The smallest absolute Gasteiger partial charge is 0.357 e. The molecular formula is C22H24N5O2+. The van der Waals surface area contributed by atoms with Crippen LogP contribution in [0, 0.1) is 20.8 Å². The van der Waals surface area contributed by atoms with E-state index in [2.05, 4.69) is 46.6 Å². The van der Waals surface area contributed by atoms with Gasteiger partial charge < -0.3 is 4.74 Å². The van der Waals surface area contributed by atoms with Crippen molar-refractivity contribution in [2.75, 3.05) is 17.7 Å². The van der Waals surface area contributed by atoms with Crippen molar-refractivity contribution >= 4 is 17.6 Å². The maximum atomic E-state index is 12.8. The molecule has 1 aliphatic rings. The Bertz CT molecular complexity index is 1170. The molecule has 2 aromatic carbocycles. The Morgan fingerprint density at radius 3 is 2.69 bits per heavy atom. The topological polar surface area (TPSA) is 82.2 Å². The molecule has 0 aliphatic carbocycles. The molecule has 0 bridgehead atoms. The second-order valence-electron chi connectivity index (χ2n) is 7.16. The van der Waals surface area contributed by atoms with Gasteiger partial charge in [0.25, 0.3) is 11.5 Å². The maximum Gasteiger partial charge on any atom is 0.357 e. The van der Waals surface area contributed by atoms with E-state index in [0.717, 1.165) is 16.8 Å². The number of aryl methyl sites for hydroxylation is 3. The first-order valence-corrected chi connectivity index (χ1v) is 9.44. The molecule has 1 aromatic heterocycles. The van der Waals surface area contributed by atoms with Crippen LogP contribution >= 0.6 is 0 Å². The number of anilines is 2. The van der Waals surface area contributed by atoms with Crippen LogP contribution in [0.25, 0.3) is 0 Å². The number of guanidine groups is 1. The minimum absolute atomic E-state index is 0.144. The summed E-state index contributed by atoms with van der Waals surface area (Å²) >= 11 is 0. The molecule has 0 radical (unpaired) electrons. The van der Waals surface area contributed by atoms with Crippen LogP contribution in [0.15, 0.2) is 53.3 Å². The van der Waals surface area contributed by atoms with Gasteiger partial charge in [0.15, 0.2) is 6.17 Å². The summed E-state index contributed by atoms with van der Waals surface area (Å²) in [6.45, 7) is 5.92. The predicted octanol–water partition coefficient (Wildman–Crippen LogP) is 1.70.